The first-order chi connectivity index (χ1) is 28.0. The van der Waals surface area contributed by atoms with E-state index in [-0.39, 0.29) is 32.2 Å². The van der Waals surface area contributed by atoms with Gasteiger partial charge in [0.25, 0.3) is 0 Å². The maximum Gasteiger partial charge on any atom is 0.216 e. The molecular formula is C53H48N3O2Pt-. The van der Waals surface area contributed by atoms with Crippen molar-refractivity contribution in [3.8, 4) is 39.4 Å². The average Bonchev–Trinajstić information content (AvgIpc) is 3.89. The molecule has 4 aromatic carbocycles. The van der Waals surface area contributed by atoms with Crippen LogP contribution in [0.25, 0.3) is 55.7 Å². The Morgan fingerprint density at radius 1 is 0.661 bits per heavy atom. The summed E-state index contributed by atoms with van der Waals surface area (Å²) in [7, 11) is 0. The van der Waals surface area contributed by atoms with E-state index >= 15 is 0 Å². The number of aromatic hydroxyl groups is 1. The Hall–Kier alpha value is -5.38. The van der Waals surface area contributed by atoms with Crippen LogP contribution < -0.4 is 0 Å². The summed E-state index contributed by atoms with van der Waals surface area (Å²) in [6.07, 6.45) is 4.25. The number of phenols is 1. The Kier molecular flexibility index (Phi) is 9.75. The van der Waals surface area contributed by atoms with Crippen LogP contribution in [0.2, 0.25) is 0 Å². The number of benzene rings is 4. The van der Waals surface area contributed by atoms with Gasteiger partial charge in [0.1, 0.15) is 5.75 Å². The van der Waals surface area contributed by atoms with Crippen molar-refractivity contribution < 1.29 is 30.6 Å². The summed E-state index contributed by atoms with van der Waals surface area (Å²) < 4.78 is 6.38. The first-order valence-corrected chi connectivity index (χ1v) is 20.7. The molecule has 0 unspecified atom stereocenters. The SMILES string of the molecule is CC(C)c1cccc(C(C)C)c1-c1cc(-c2ccccc2O)nc(C(C)(C)c2cccc(-c3[c-]cc4oc5nc6c(cc5c4c3)CC3(Cc4ccccc4C3)C6)n2)c1.[Pt]. The molecule has 0 fully saturated rings. The molecule has 0 aliphatic heterocycles. The summed E-state index contributed by atoms with van der Waals surface area (Å²) in [6.45, 7) is 13.4. The molecule has 0 saturated heterocycles. The van der Waals surface area contributed by atoms with Crippen LogP contribution in [-0.2, 0) is 52.2 Å². The summed E-state index contributed by atoms with van der Waals surface area (Å²) in [6, 6.07) is 43.6. The predicted octanol–water partition coefficient (Wildman–Crippen LogP) is 12.7. The van der Waals surface area contributed by atoms with E-state index in [1.807, 2.05) is 24.3 Å². The van der Waals surface area contributed by atoms with Crippen LogP contribution in [0.15, 0.2) is 120 Å². The summed E-state index contributed by atoms with van der Waals surface area (Å²) in [4.78, 5) is 15.8. The minimum Gasteiger partial charge on any atom is -0.507 e. The normalized spacial score (nSPS) is 14.4. The first-order valence-electron chi connectivity index (χ1n) is 20.7. The monoisotopic (exact) mass is 953 g/mol. The van der Waals surface area contributed by atoms with Crippen molar-refractivity contribution >= 4 is 22.1 Å². The predicted molar refractivity (Wildman–Crippen MR) is 234 cm³/mol. The second-order valence-corrected chi connectivity index (χ2v) is 17.9. The van der Waals surface area contributed by atoms with E-state index < -0.39 is 5.41 Å². The number of hydrogen-bond donors (Lipinski definition) is 1. The number of rotatable bonds is 7. The van der Waals surface area contributed by atoms with Gasteiger partial charge in [-0.25, -0.2) is 4.98 Å². The van der Waals surface area contributed by atoms with Gasteiger partial charge in [0.2, 0.25) is 5.71 Å². The van der Waals surface area contributed by atoms with Crippen molar-refractivity contribution in [3.63, 3.8) is 0 Å². The van der Waals surface area contributed by atoms with Crippen molar-refractivity contribution in [3.05, 3.63) is 166 Å². The molecule has 8 aromatic rings. The average molecular weight is 954 g/mol. The Labute approximate surface area is 361 Å². The van der Waals surface area contributed by atoms with Crippen molar-refractivity contribution in [2.75, 3.05) is 0 Å². The van der Waals surface area contributed by atoms with E-state index in [0.29, 0.717) is 23.1 Å². The zero-order chi connectivity index (χ0) is 39.9. The first kappa shape index (κ1) is 39.1. The fraction of sp³-hybridized carbons (Fsp3) is 0.264. The maximum atomic E-state index is 11.1. The number of aromatic nitrogens is 3. The molecule has 298 valence electrons. The molecule has 0 atom stereocenters. The van der Waals surface area contributed by atoms with Crippen LogP contribution in [-0.4, -0.2) is 20.1 Å². The third-order valence-corrected chi connectivity index (χ3v) is 12.9. The van der Waals surface area contributed by atoms with Gasteiger partial charge in [-0.3, -0.25) is 4.98 Å². The largest absolute Gasteiger partial charge is 0.507 e. The molecule has 0 radical (unpaired) electrons. The second kappa shape index (κ2) is 14.7. The molecule has 2 aliphatic rings. The van der Waals surface area contributed by atoms with Crippen LogP contribution in [0, 0.1) is 11.5 Å². The standard InChI is InChI=1S/C53H48N3O2.Pt/c1-31(2)38-16-11-17-39(32(3)4)50(38)36-25-44(40-15-9-10-19-46(40)57)55-49(26-36)52(5,6)48-20-12-18-43(54-48)33-21-22-47-41(23-33)42-24-37-29-53(30-45(37)56-51(42)58-47)27-34-13-7-8-14-35(34)28-53;/h7-20,22-26,31-32,57H,27-30H2,1-6H3;/q-1;. The number of nitrogens with zero attached hydrogens (tertiary/aromatic N) is 3. The smallest absolute Gasteiger partial charge is 0.216 e. The number of furan rings is 1. The summed E-state index contributed by atoms with van der Waals surface area (Å²) >= 11 is 0. The molecule has 4 aromatic heterocycles. The van der Waals surface area contributed by atoms with Gasteiger partial charge in [0, 0.05) is 48.8 Å². The van der Waals surface area contributed by atoms with Gasteiger partial charge in [-0.15, -0.1) is 23.8 Å². The molecule has 4 heterocycles. The van der Waals surface area contributed by atoms with Crippen LogP contribution in [0.4, 0.5) is 0 Å². The van der Waals surface area contributed by atoms with E-state index in [0.717, 1.165) is 75.9 Å². The molecule has 1 N–H and O–H groups in total. The second-order valence-electron chi connectivity index (χ2n) is 17.9. The third-order valence-electron chi connectivity index (χ3n) is 12.9. The number of phenolic OH excluding ortho intramolecular Hbond substituents is 1. The number of hydrogen-bond acceptors (Lipinski definition) is 5. The molecule has 6 heteroatoms. The fourth-order valence-electron chi connectivity index (χ4n) is 9.79. The van der Waals surface area contributed by atoms with Gasteiger partial charge in [-0.05, 0) is 138 Å². The van der Waals surface area contributed by atoms with E-state index in [1.54, 1.807) is 6.07 Å². The van der Waals surface area contributed by atoms with Gasteiger partial charge < -0.3 is 14.5 Å². The van der Waals surface area contributed by atoms with Crippen molar-refractivity contribution in [2.24, 2.45) is 5.41 Å². The maximum absolute atomic E-state index is 11.1. The minimum atomic E-state index is -0.595. The summed E-state index contributed by atoms with van der Waals surface area (Å²) in [5.74, 6) is 0.855. The number of fused-ring (bicyclic) bond motifs is 5. The van der Waals surface area contributed by atoms with Crippen molar-refractivity contribution in [2.45, 2.75) is 84.5 Å². The number of pyridine rings is 3. The van der Waals surface area contributed by atoms with Crippen molar-refractivity contribution in [1.82, 2.24) is 15.0 Å². The van der Waals surface area contributed by atoms with E-state index in [9.17, 15) is 5.11 Å². The molecule has 59 heavy (non-hydrogen) atoms. The Balaban J connectivity index is 0.00000449. The van der Waals surface area contributed by atoms with Crippen LogP contribution in [0.5, 0.6) is 5.75 Å². The number of para-hydroxylation sites is 1. The molecule has 1 spiro atoms. The molecule has 0 saturated carbocycles. The molecule has 5 nitrogen and oxygen atoms in total. The fourth-order valence-corrected chi connectivity index (χ4v) is 9.79. The Morgan fingerprint density at radius 2 is 1.32 bits per heavy atom. The molecule has 10 rings (SSSR count). The molecule has 0 bridgehead atoms. The van der Waals surface area contributed by atoms with E-state index in [1.165, 1.54) is 39.1 Å². The Bertz CT molecular complexity index is 2870. The van der Waals surface area contributed by atoms with Crippen LogP contribution in [0.3, 0.4) is 0 Å². The van der Waals surface area contributed by atoms with Gasteiger partial charge in [-0.1, -0.05) is 99.8 Å². The third kappa shape index (κ3) is 6.72. The van der Waals surface area contributed by atoms with E-state index in [4.69, 9.17) is 19.4 Å². The van der Waals surface area contributed by atoms with Crippen LogP contribution >= 0.6 is 0 Å². The van der Waals surface area contributed by atoms with Gasteiger partial charge in [0.05, 0.1) is 17.0 Å². The summed E-state index contributed by atoms with van der Waals surface area (Å²) in [5.41, 5.74) is 16.5. The van der Waals surface area contributed by atoms with Gasteiger partial charge >= 0.3 is 0 Å². The van der Waals surface area contributed by atoms with Crippen LogP contribution in [0.1, 0.15) is 98.3 Å². The zero-order valence-corrected chi connectivity index (χ0v) is 36.7. The zero-order valence-electron chi connectivity index (χ0n) is 34.5. The molecule has 0 amide bonds. The van der Waals surface area contributed by atoms with E-state index in [2.05, 4.69) is 133 Å². The quantitative estimate of drug-likeness (QED) is 0.161. The molecule has 2 aliphatic carbocycles. The topological polar surface area (TPSA) is 72.0 Å². The Morgan fingerprint density at radius 3 is 2.03 bits per heavy atom. The minimum absolute atomic E-state index is 0. The van der Waals surface area contributed by atoms with Gasteiger partial charge in [-0.2, -0.15) is 0 Å². The van der Waals surface area contributed by atoms with Gasteiger partial charge in [0.15, 0.2) is 0 Å². The summed E-state index contributed by atoms with van der Waals surface area (Å²) in [5, 5.41) is 13.2. The van der Waals surface area contributed by atoms with Crippen molar-refractivity contribution in [1.29, 1.82) is 0 Å². The molecular weight excluding hydrogens is 906 g/mol.